The standard InChI is InChI=1S/C37H35N4OSi/c1-37(2,3)24-18-19-38-35(20-24)41-29-11-8-7-10-27(29)28-16-14-25(21-31(28)41)42-26-15-17-33-32(22-26)40-23-39(4)30-12-9-13-34(36(30)40)43(33,5)6/h7-23H,1-6H3/q+1/i4D3. The first-order valence-corrected chi connectivity index (χ1v) is 17.7. The minimum Gasteiger partial charge on any atom is -0.457 e. The molecular weight excluding hydrogens is 545 g/mol. The Kier molecular flexibility index (Phi) is 4.74. The highest BCUT2D eigenvalue weighted by molar-refractivity contribution is 7.02. The van der Waals surface area contributed by atoms with Gasteiger partial charge in [0.15, 0.2) is 11.0 Å². The van der Waals surface area contributed by atoms with Crippen LogP contribution in [0.1, 0.15) is 30.4 Å². The van der Waals surface area contributed by atoms with Crippen LogP contribution in [0.2, 0.25) is 13.1 Å². The van der Waals surface area contributed by atoms with Gasteiger partial charge in [0.25, 0.3) is 0 Å². The van der Waals surface area contributed by atoms with Crippen molar-refractivity contribution in [3.8, 4) is 23.0 Å². The summed E-state index contributed by atoms with van der Waals surface area (Å²) in [4.78, 5) is 4.81. The largest absolute Gasteiger partial charge is 0.457 e. The molecule has 0 radical (unpaired) electrons. The molecule has 0 aliphatic carbocycles. The van der Waals surface area contributed by atoms with Crippen molar-refractivity contribution in [2.45, 2.75) is 39.3 Å². The zero-order valence-electron chi connectivity index (χ0n) is 28.0. The van der Waals surface area contributed by atoms with Crippen LogP contribution in [0.3, 0.4) is 0 Å². The molecule has 212 valence electrons. The van der Waals surface area contributed by atoms with E-state index in [-0.39, 0.29) is 5.41 Å². The van der Waals surface area contributed by atoms with Gasteiger partial charge >= 0.3 is 0 Å². The Bertz CT molecular complexity index is 2360. The number of fused-ring (bicyclic) bond motifs is 5. The Hall–Kier alpha value is -4.68. The lowest BCUT2D eigenvalue weighted by atomic mass is 9.88. The van der Waals surface area contributed by atoms with E-state index in [0.29, 0.717) is 11.5 Å². The first kappa shape index (κ1) is 22.9. The van der Waals surface area contributed by atoms with Gasteiger partial charge in [-0.25, -0.2) is 9.55 Å². The number of rotatable bonds is 3. The van der Waals surface area contributed by atoms with E-state index in [1.54, 1.807) is 6.33 Å². The van der Waals surface area contributed by atoms with Crippen molar-refractivity contribution in [2.75, 3.05) is 0 Å². The Morgan fingerprint density at radius 1 is 0.814 bits per heavy atom. The lowest BCUT2D eigenvalue weighted by Crippen LogP contribution is -2.57. The van der Waals surface area contributed by atoms with Crippen LogP contribution >= 0.6 is 0 Å². The van der Waals surface area contributed by atoms with Crippen LogP contribution in [0.25, 0.3) is 44.3 Å². The lowest BCUT2D eigenvalue weighted by molar-refractivity contribution is -0.645. The zero-order chi connectivity index (χ0) is 32.2. The smallest absolute Gasteiger partial charge is 0.249 e. The highest BCUT2D eigenvalue weighted by Crippen LogP contribution is 2.36. The molecule has 0 amide bonds. The summed E-state index contributed by atoms with van der Waals surface area (Å²) in [6.45, 7) is 9.01. The number of hydrogen-bond acceptors (Lipinski definition) is 2. The highest BCUT2D eigenvalue weighted by Gasteiger charge is 2.40. The van der Waals surface area contributed by atoms with Gasteiger partial charge in [-0.2, -0.15) is 4.57 Å². The number of hydrogen-bond donors (Lipinski definition) is 0. The molecule has 7 aromatic rings. The molecule has 0 saturated carbocycles. The molecule has 0 atom stereocenters. The van der Waals surface area contributed by atoms with Crippen LogP contribution in [-0.2, 0) is 12.4 Å². The van der Waals surface area contributed by atoms with Gasteiger partial charge in [0.1, 0.15) is 31.1 Å². The van der Waals surface area contributed by atoms with Crippen molar-refractivity contribution in [2.24, 2.45) is 6.98 Å². The molecule has 4 aromatic carbocycles. The fraction of sp³-hybridized carbons (Fsp3) is 0.189. The van der Waals surface area contributed by atoms with Crippen molar-refractivity contribution >= 4 is 51.3 Å². The summed E-state index contributed by atoms with van der Waals surface area (Å²) in [5.74, 6) is 2.28. The molecule has 0 saturated heterocycles. The predicted octanol–water partition coefficient (Wildman–Crippen LogP) is 7.17. The van der Waals surface area contributed by atoms with Crippen molar-refractivity contribution in [3.63, 3.8) is 0 Å². The van der Waals surface area contributed by atoms with Crippen LogP contribution in [0.4, 0.5) is 0 Å². The second-order valence-electron chi connectivity index (χ2n) is 13.1. The fourth-order valence-electron chi connectivity index (χ4n) is 6.75. The van der Waals surface area contributed by atoms with Gasteiger partial charge in [0.05, 0.1) is 22.1 Å². The van der Waals surface area contributed by atoms with Gasteiger partial charge in [0.2, 0.25) is 6.33 Å². The van der Waals surface area contributed by atoms with Gasteiger partial charge in [-0.1, -0.05) is 70.3 Å². The quantitative estimate of drug-likeness (QED) is 0.164. The van der Waals surface area contributed by atoms with E-state index >= 15 is 0 Å². The molecule has 8 rings (SSSR count). The summed E-state index contributed by atoms with van der Waals surface area (Å²) < 4.78 is 36.9. The molecule has 0 fully saturated rings. The third kappa shape index (κ3) is 3.82. The second-order valence-corrected chi connectivity index (χ2v) is 17.4. The number of nitrogens with zero attached hydrogens (tertiary/aromatic N) is 4. The van der Waals surface area contributed by atoms with E-state index in [1.165, 1.54) is 20.5 Å². The third-order valence-corrected chi connectivity index (χ3v) is 12.6. The van der Waals surface area contributed by atoms with E-state index < -0.39 is 15.0 Å². The van der Waals surface area contributed by atoms with Crippen LogP contribution in [0.5, 0.6) is 11.5 Å². The molecule has 3 aromatic heterocycles. The molecule has 1 aliphatic rings. The third-order valence-electron chi connectivity index (χ3n) is 9.04. The molecule has 0 unspecified atom stereocenters. The molecule has 6 heteroatoms. The molecular formula is C37H35N4OSi+. The van der Waals surface area contributed by atoms with Crippen molar-refractivity contribution in [1.29, 1.82) is 0 Å². The first-order chi connectivity index (χ1) is 21.8. The summed E-state index contributed by atoms with van der Waals surface area (Å²) in [5.41, 5.74) is 5.98. The van der Waals surface area contributed by atoms with E-state index in [9.17, 15) is 0 Å². The number of imidazole rings is 1. The van der Waals surface area contributed by atoms with E-state index in [0.717, 1.165) is 44.3 Å². The Labute approximate surface area is 256 Å². The van der Waals surface area contributed by atoms with Crippen LogP contribution < -0.4 is 19.7 Å². The van der Waals surface area contributed by atoms with Crippen molar-refractivity contribution < 1.29 is 13.4 Å². The summed E-state index contributed by atoms with van der Waals surface area (Å²) >= 11 is 0. The van der Waals surface area contributed by atoms with Gasteiger partial charge in [-0.05, 0) is 63.8 Å². The summed E-state index contributed by atoms with van der Waals surface area (Å²) in [7, 11) is -2.12. The number of aryl methyl sites for hydroxylation is 1. The van der Waals surface area contributed by atoms with Crippen molar-refractivity contribution in [3.05, 3.63) is 109 Å². The molecule has 0 bridgehead atoms. The number of para-hydroxylation sites is 2. The number of benzene rings is 4. The Morgan fingerprint density at radius 3 is 2.44 bits per heavy atom. The zero-order valence-corrected chi connectivity index (χ0v) is 26.0. The van der Waals surface area contributed by atoms with Crippen molar-refractivity contribution in [1.82, 2.24) is 14.1 Å². The van der Waals surface area contributed by atoms with Crippen LogP contribution in [-0.4, -0.2) is 22.2 Å². The summed E-state index contributed by atoms with van der Waals surface area (Å²) in [6.07, 6.45) is 3.61. The fourth-order valence-corrected chi connectivity index (χ4v) is 9.73. The maximum atomic E-state index is 8.20. The minimum absolute atomic E-state index is 0.0108. The minimum atomic E-state index is -2.29. The Balaban J connectivity index is 1.27. The van der Waals surface area contributed by atoms with E-state index in [2.05, 4.69) is 105 Å². The number of pyridine rings is 1. The normalized spacial score (nSPS) is 15.3. The maximum absolute atomic E-state index is 8.20. The van der Waals surface area contributed by atoms with Crippen LogP contribution in [0, 0.1) is 0 Å². The molecule has 5 nitrogen and oxygen atoms in total. The summed E-state index contributed by atoms with van der Waals surface area (Å²) in [5, 5.41) is 4.76. The predicted molar refractivity (Wildman–Crippen MR) is 179 cm³/mol. The molecule has 0 N–H and O–H groups in total. The summed E-state index contributed by atoms with van der Waals surface area (Å²) in [6, 6.07) is 31.2. The van der Waals surface area contributed by atoms with Gasteiger partial charge < -0.3 is 4.74 Å². The molecule has 0 spiro atoms. The molecule has 43 heavy (non-hydrogen) atoms. The topological polar surface area (TPSA) is 35.9 Å². The van der Waals surface area contributed by atoms with Gasteiger partial charge in [0, 0.05) is 29.1 Å². The van der Waals surface area contributed by atoms with E-state index in [4.69, 9.17) is 13.8 Å². The number of aromatic nitrogens is 4. The average Bonchev–Trinajstić information content (AvgIpc) is 3.57. The van der Waals surface area contributed by atoms with E-state index in [1.807, 2.05) is 35.0 Å². The highest BCUT2D eigenvalue weighted by atomic mass is 28.3. The second kappa shape index (κ2) is 8.91. The first-order valence-electron chi connectivity index (χ1n) is 16.2. The molecule has 4 heterocycles. The van der Waals surface area contributed by atoms with Gasteiger partial charge in [-0.15, -0.1) is 0 Å². The van der Waals surface area contributed by atoms with Gasteiger partial charge in [-0.3, -0.25) is 4.57 Å². The SMILES string of the molecule is [2H]C([2H])([2H])[n+]1cn2c3c(cccc31)[Si](C)(C)c1ccc(Oc3ccc4c5ccccc5n(-c5cc(C(C)(C)C)ccn5)c4c3)cc1-2. The maximum Gasteiger partial charge on any atom is 0.249 e. The molecule has 1 aliphatic heterocycles. The monoisotopic (exact) mass is 582 g/mol. The van der Waals surface area contributed by atoms with Crippen LogP contribution in [0.15, 0.2) is 104 Å². The lowest BCUT2D eigenvalue weighted by Gasteiger charge is -2.29. The average molecular weight is 583 g/mol. The Morgan fingerprint density at radius 2 is 1.60 bits per heavy atom. The number of ether oxygens (including phenoxy) is 1.